The van der Waals surface area contributed by atoms with Crippen molar-refractivity contribution in [3.8, 4) is 0 Å². The summed E-state index contributed by atoms with van der Waals surface area (Å²) >= 11 is 0. The Kier molecular flexibility index (Phi) is 5.65. The zero-order chi connectivity index (χ0) is 17.7. The predicted octanol–water partition coefficient (Wildman–Crippen LogP) is 0.382. The third kappa shape index (κ3) is 4.35. The van der Waals surface area contributed by atoms with Gasteiger partial charge in [0.2, 0.25) is 5.91 Å². The molecule has 2 fully saturated rings. The molecule has 0 radical (unpaired) electrons. The molecule has 0 bridgehead atoms. The summed E-state index contributed by atoms with van der Waals surface area (Å²) in [6.45, 7) is 4.51. The molecule has 2 amide bonds. The number of likely N-dealkylation sites (tertiary alicyclic amines) is 1. The van der Waals surface area contributed by atoms with Gasteiger partial charge in [0.05, 0.1) is 19.8 Å². The molecule has 3 heterocycles. The molecule has 7 nitrogen and oxygen atoms in total. The van der Waals surface area contributed by atoms with Gasteiger partial charge >= 0.3 is 0 Å². The van der Waals surface area contributed by atoms with Crippen molar-refractivity contribution in [1.29, 1.82) is 0 Å². The van der Waals surface area contributed by atoms with Crippen LogP contribution in [0.5, 0.6) is 0 Å². The summed E-state index contributed by atoms with van der Waals surface area (Å²) in [6.07, 6.45) is 3.59. The highest BCUT2D eigenvalue weighted by molar-refractivity contribution is 5.92. The second-order valence-corrected chi connectivity index (χ2v) is 6.98. The van der Waals surface area contributed by atoms with E-state index in [-0.39, 0.29) is 17.2 Å². The number of carbonyl (C=O) groups excluding carboxylic acids is 2. The molecule has 0 aromatic carbocycles. The Balaban J connectivity index is 1.71. The lowest BCUT2D eigenvalue weighted by Crippen LogP contribution is -2.53. The summed E-state index contributed by atoms with van der Waals surface area (Å²) in [6, 6.07) is 5.40. The van der Waals surface area contributed by atoms with Gasteiger partial charge in [-0.1, -0.05) is 6.07 Å². The highest BCUT2D eigenvalue weighted by Crippen LogP contribution is 2.33. The van der Waals surface area contributed by atoms with Gasteiger partial charge in [0.1, 0.15) is 5.69 Å². The van der Waals surface area contributed by atoms with Crippen LogP contribution in [0.15, 0.2) is 24.4 Å². The van der Waals surface area contributed by atoms with E-state index in [1.165, 1.54) is 0 Å². The average Bonchev–Trinajstić information content (AvgIpc) is 2.83. The molecule has 2 saturated heterocycles. The van der Waals surface area contributed by atoms with Crippen LogP contribution in [-0.4, -0.2) is 79.6 Å². The summed E-state index contributed by atoms with van der Waals surface area (Å²) in [5.41, 5.74) is 0.365. The minimum absolute atomic E-state index is 0.00859. The second-order valence-electron chi connectivity index (χ2n) is 6.98. The molecule has 0 unspecified atom stereocenters. The number of pyridine rings is 1. The standard InChI is InChI=1S/C18H26N4O3/c1-19-16(23)11-21-9-10-25-14-18(12-21)6-4-8-22(13-18)17(24)15-5-2-3-7-20-15/h2-3,5,7H,4,6,8-14H2,1H3,(H,19,23)/t18-/m0/s1. The van der Waals surface area contributed by atoms with Crippen LogP contribution >= 0.6 is 0 Å². The molecule has 0 saturated carbocycles. The Morgan fingerprint density at radius 1 is 1.32 bits per heavy atom. The molecule has 1 atom stereocenters. The smallest absolute Gasteiger partial charge is 0.272 e. The largest absolute Gasteiger partial charge is 0.379 e. The zero-order valence-electron chi connectivity index (χ0n) is 14.7. The van der Waals surface area contributed by atoms with Gasteiger partial charge in [0.25, 0.3) is 5.91 Å². The van der Waals surface area contributed by atoms with Gasteiger partial charge in [-0.25, -0.2) is 0 Å². The molecule has 25 heavy (non-hydrogen) atoms. The lowest BCUT2D eigenvalue weighted by Gasteiger charge is -2.43. The van der Waals surface area contributed by atoms with Crippen LogP contribution in [-0.2, 0) is 9.53 Å². The van der Waals surface area contributed by atoms with E-state index in [1.807, 2.05) is 17.0 Å². The van der Waals surface area contributed by atoms with Crippen LogP contribution in [0.4, 0.5) is 0 Å². The van der Waals surface area contributed by atoms with Gasteiger partial charge in [-0.05, 0) is 25.0 Å². The van der Waals surface area contributed by atoms with Gasteiger partial charge in [0, 0.05) is 44.8 Å². The first kappa shape index (κ1) is 17.8. The van der Waals surface area contributed by atoms with Crippen LogP contribution in [0.1, 0.15) is 23.3 Å². The van der Waals surface area contributed by atoms with Crippen molar-refractivity contribution in [2.75, 3.05) is 53.0 Å². The molecule has 3 rings (SSSR count). The Hall–Kier alpha value is -1.99. The highest BCUT2D eigenvalue weighted by atomic mass is 16.5. The fourth-order valence-corrected chi connectivity index (χ4v) is 3.78. The molecule has 1 N–H and O–H groups in total. The minimum atomic E-state index is -0.118. The topological polar surface area (TPSA) is 74.8 Å². The average molecular weight is 346 g/mol. The Morgan fingerprint density at radius 3 is 2.96 bits per heavy atom. The van der Waals surface area contributed by atoms with Crippen molar-refractivity contribution in [1.82, 2.24) is 20.1 Å². The van der Waals surface area contributed by atoms with Crippen molar-refractivity contribution in [3.63, 3.8) is 0 Å². The normalized spacial score (nSPS) is 24.8. The van der Waals surface area contributed by atoms with E-state index >= 15 is 0 Å². The van der Waals surface area contributed by atoms with E-state index in [9.17, 15) is 9.59 Å². The number of nitrogens with zero attached hydrogens (tertiary/aromatic N) is 3. The maximum absolute atomic E-state index is 12.8. The van der Waals surface area contributed by atoms with E-state index < -0.39 is 0 Å². The van der Waals surface area contributed by atoms with E-state index in [1.54, 1.807) is 19.3 Å². The van der Waals surface area contributed by atoms with Crippen LogP contribution in [0, 0.1) is 5.41 Å². The number of rotatable bonds is 3. The number of aromatic nitrogens is 1. The number of ether oxygens (including phenoxy) is 1. The Bertz CT molecular complexity index is 610. The van der Waals surface area contributed by atoms with Crippen LogP contribution in [0.25, 0.3) is 0 Å². The summed E-state index contributed by atoms with van der Waals surface area (Å²) in [5, 5.41) is 2.68. The maximum atomic E-state index is 12.8. The molecule has 136 valence electrons. The van der Waals surface area contributed by atoms with E-state index in [0.717, 1.165) is 32.5 Å². The SMILES string of the molecule is CNC(=O)CN1CCOC[C@@]2(CCCN(C(=O)c3ccccn3)C2)C1. The first-order chi connectivity index (χ1) is 12.1. The quantitative estimate of drug-likeness (QED) is 0.857. The first-order valence-corrected chi connectivity index (χ1v) is 8.83. The van der Waals surface area contributed by atoms with E-state index in [0.29, 0.717) is 32.0 Å². The molecule has 1 aromatic heterocycles. The molecular formula is C18H26N4O3. The van der Waals surface area contributed by atoms with Crippen molar-refractivity contribution in [2.24, 2.45) is 5.41 Å². The minimum Gasteiger partial charge on any atom is -0.379 e. The highest BCUT2D eigenvalue weighted by Gasteiger charge is 2.40. The summed E-state index contributed by atoms with van der Waals surface area (Å²) < 4.78 is 5.84. The number of hydrogen-bond donors (Lipinski definition) is 1. The summed E-state index contributed by atoms with van der Waals surface area (Å²) in [7, 11) is 1.65. The van der Waals surface area contributed by atoms with Gasteiger partial charge in [-0.2, -0.15) is 0 Å². The van der Waals surface area contributed by atoms with Gasteiger partial charge in [-0.15, -0.1) is 0 Å². The van der Waals surface area contributed by atoms with Crippen molar-refractivity contribution in [3.05, 3.63) is 30.1 Å². The Morgan fingerprint density at radius 2 is 2.20 bits per heavy atom. The number of hydrogen-bond acceptors (Lipinski definition) is 5. The number of likely N-dealkylation sites (N-methyl/N-ethyl adjacent to an activating group) is 1. The molecule has 1 aromatic rings. The Labute approximate surface area is 148 Å². The number of amides is 2. The van der Waals surface area contributed by atoms with Gasteiger partial charge in [-0.3, -0.25) is 19.5 Å². The van der Waals surface area contributed by atoms with Crippen molar-refractivity contribution in [2.45, 2.75) is 12.8 Å². The fraction of sp³-hybridized carbons (Fsp3) is 0.611. The molecular weight excluding hydrogens is 320 g/mol. The molecule has 1 spiro atoms. The summed E-state index contributed by atoms with van der Waals surface area (Å²) in [4.78, 5) is 32.7. The van der Waals surface area contributed by atoms with Crippen LogP contribution in [0.2, 0.25) is 0 Å². The fourth-order valence-electron chi connectivity index (χ4n) is 3.78. The van der Waals surface area contributed by atoms with Crippen molar-refractivity contribution < 1.29 is 14.3 Å². The second kappa shape index (κ2) is 7.93. The molecule has 7 heteroatoms. The van der Waals surface area contributed by atoms with Crippen LogP contribution in [0.3, 0.4) is 0 Å². The van der Waals surface area contributed by atoms with E-state index in [4.69, 9.17) is 4.74 Å². The van der Waals surface area contributed by atoms with Gasteiger partial charge < -0.3 is 15.0 Å². The predicted molar refractivity (Wildman–Crippen MR) is 93.1 cm³/mol. The number of nitrogens with one attached hydrogen (secondary N) is 1. The van der Waals surface area contributed by atoms with Crippen LogP contribution < -0.4 is 5.32 Å². The monoisotopic (exact) mass is 346 g/mol. The maximum Gasteiger partial charge on any atom is 0.272 e. The third-order valence-electron chi connectivity index (χ3n) is 5.00. The summed E-state index contributed by atoms with van der Waals surface area (Å²) in [5.74, 6) is -0.0175. The molecule has 2 aliphatic rings. The lowest BCUT2D eigenvalue weighted by atomic mass is 9.80. The molecule has 0 aliphatic carbocycles. The zero-order valence-corrected chi connectivity index (χ0v) is 14.7. The van der Waals surface area contributed by atoms with E-state index in [2.05, 4.69) is 15.2 Å². The first-order valence-electron chi connectivity index (χ1n) is 8.83. The van der Waals surface area contributed by atoms with Gasteiger partial charge in [0.15, 0.2) is 0 Å². The number of piperidine rings is 1. The number of carbonyl (C=O) groups is 2. The van der Waals surface area contributed by atoms with Crippen molar-refractivity contribution >= 4 is 11.8 Å². The lowest BCUT2D eigenvalue weighted by molar-refractivity contribution is -0.122. The molecule has 2 aliphatic heterocycles. The third-order valence-corrected chi connectivity index (χ3v) is 5.00.